The van der Waals surface area contributed by atoms with Gasteiger partial charge in [-0.3, -0.25) is 0 Å². The molecule has 3 aliphatic heterocycles. The number of hydrogen-bond acceptors (Lipinski definition) is 3. The Morgan fingerprint density at radius 3 is 2.62 bits per heavy atom. The fourth-order valence-corrected chi connectivity index (χ4v) is 3.38. The Morgan fingerprint density at radius 2 is 1.83 bits per heavy atom. The minimum atomic E-state index is 0.286. The molecule has 3 heterocycles. The number of ether oxygens (including phenoxy) is 2. The monoisotopic (exact) mass is 328 g/mol. The Morgan fingerprint density at radius 1 is 1.00 bits per heavy atom. The molecule has 0 radical (unpaired) electrons. The lowest BCUT2D eigenvalue weighted by Gasteiger charge is -2.28. The van der Waals surface area contributed by atoms with E-state index in [0.717, 1.165) is 55.0 Å². The van der Waals surface area contributed by atoms with Gasteiger partial charge in [-0.2, -0.15) is 4.99 Å². The van der Waals surface area contributed by atoms with Gasteiger partial charge >= 0.3 is 0 Å². The van der Waals surface area contributed by atoms with Crippen LogP contribution in [-0.4, -0.2) is 55.1 Å². The van der Waals surface area contributed by atoms with Gasteiger partial charge in [0, 0.05) is 39.2 Å². The molecular weight excluding hydrogens is 304 g/mol. The SMILES string of the molecule is CN1CCCC1=NC(=Nc1ccc2c(c1)OCO2)N1CCCCC1. The zero-order valence-electron chi connectivity index (χ0n) is 14.2. The minimum Gasteiger partial charge on any atom is -0.454 e. The third-order valence-corrected chi connectivity index (χ3v) is 4.79. The van der Waals surface area contributed by atoms with Crippen molar-refractivity contribution in [3.8, 4) is 11.5 Å². The number of aliphatic imine (C=N–C) groups is 2. The van der Waals surface area contributed by atoms with E-state index in [1.54, 1.807) is 0 Å². The molecule has 128 valence electrons. The Labute approximate surface area is 142 Å². The van der Waals surface area contributed by atoms with Gasteiger partial charge in [0.25, 0.3) is 0 Å². The zero-order chi connectivity index (χ0) is 16.4. The Hall–Kier alpha value is -2.24. The van der Waals surface area contributed by atoms with Crippen LogP contribution in [0.5, 0.6) is 11.5 Å². The second-order valence-corrected chi connectivity index (χ2v) is 6.55. The topological polar surface area (TPSA) is 49.7 Å². The van der Waals surface area contributed by atoms with Crippen LogP contribution in [0.3, 0.4) is 0 Å². The molecule has 6 heteroatoms. The normalized spacial score (nSPS) is 22.5. The molecule has 0 N–H and O–H groups in total. The summed E-state index contributed by atoms with van der Waals surface area (Å²) in [5, 5.41) is 0. The summed E-state index contributed by atoms with van der Waals surface area (Å²) in [6.07, 6.45) is 5.92. The minimum absolute atomic E-state index is 0.286. The van der Waals surface area contributed by atoms with Crippen molar-refractivity contribution in [2.45, 2.75) is 32.1 Å². The molecule has 0 amide bonds. The van der Waals surface area contributed by atoms with Gasteiger partial charge in [0.05, 0.1) is 5.69 Å². The van der Waals surface area contributed by atoms with E-state index in [2.05, 4.69) is 16.8 Å². The maximum absolute atomic E-state index is 5.47. The third-order valence-electron chi connectivity index (χ3n) is 4.79. The third kappa shape index (κ3) is 3.18. The average Bonchev–Trinajstić information content (AvgIpc) is 3.24. The van der Waals surface area contributed by atoms with Crippen molar-refractivity contribution in [3.63, 3.8) is 0 Å². The number of likely N-dealkylation sites (tertiary alicyclic amines) is 2. The molecule has 4 rings (SSSR count). The first-order chi connectivity index (χ1) is 11.8. The van der Waals surface area contributed by atoms with Crippen LogP contribution in [0, 0.1) is 0 Å². The Kier molecular flexibility index (Phi) is 4.28. The van der Waals surface area contributed by atoms with Gasteiger partial charge in [-0.25, -0.2) is 4.99 Å². The van der Waals surface area contributed by atoms with Gasteiger partial charge in [0.1, 0.15) is 5.84 Å². The van der Waals surface area contributed by atoms with Crippen LogP contribution in [0.25, 0.3) is 0 Å². The average molecular weight is 328 g/mol. The van der Waals surface area contributed by atoms with E-state index in [0.29, 0.717) is 0 Å². The lowest BCUT2D eigenvalue weighted by molar-refractivity contribution is 0.174. The van der Waals surface area contributed by atoms with Gasteiger partial charge in [0.15, 0.2) is 11.5 Å². The lowest BCUT2D eigenvalue weighted by Crippen LogP contribution is -2.36. The molecule has 2 saturated heterocycles. The summed E-state index contributed by atoms with van der Waals surface area (Å²) in [7, 11) is 2.11. The fraction of sp³-hybridized carbons (Fsp3) is 0.556. The highest BCUT2D eigenvalue weighted by Crippen LogP contribution is 2.35. The van der Waals surface area contributed by atoms with Crippen LogP contribution in [-0.2, 0) is 0 Å². The zero-order valence-corrected chi connectivity index (χ0v) is 14.2. The summed E-state index contributed by atoms with van der Waals surface area (Å²) in [6, 6.07) is 5.82. The summed E-state index contributed by atoms with van der Waals surface area (Å²) in [5.74, 6) is 3.52. The fourth-order valence-electron chi connectivity index (χ4n) is 3.38. The quantitative estimate of drug-likeness (QED) is 0.587. The molecule has 6 nitrogen and oxygen atoms in total. The van der Waals surface area contributed by atoms with E-state index in [9.17, 15) is 0 Å². The molecule has 1 aromatic carbocycles. The molecule has 0 saturated carbocycles. The summed E-state index contributed by atoms with van der Waals surface area (Å²) >= 11 is 0. The summed E-state index contributed by atoms with van der Waals surface area (Å²) in [5.41, 5.74) is 0.866. The number of benzene rings is 1. The molecule has 2 fully saturated rings. The van der Waals surface area contributed by atoms with Gasteiger partial charge in [-0.1, -0.05) is 0 Å². The number of guanidine groups is 1. The second-order valence-electron chi connectivity index (χ2n) is 6.55. The van der Waals surface area contributed by atoms with E-state index in [1.165, 1.54) is 25.7 Å². The van der Waals surface area contributed by atoms with Crippen LogP contribution in [0.4, 0.5) is 5.69 Å². The first-order valence-electron chi connectivity index (χ1n) is 8.81. The van der Waals surface area contributed by atoms with Gasteiger partial charge in [-0.15, -0.1) is 0 Å². The number of hydrogen-bond donors (Lipinski definition) is 0. The maximum atomic E-state index is 5.47. The highest BCUT2D eigenvalue weighted by molar-refractivity contribution is 5.97. The van der Waals surface area contributed by atoms with E-state index >= 15 is 0 Å². The van der Waals surface area contributed by atoms with Crippen molar-refractivity contribution in [1.29, 1.82) is 0 Å². The van der Waals surface area contributed by atoms with Crippen molar-refractivity contribution in [2.75, 3.05) is 33.5 Å². The number of fused-ring (bicyclic) bond motifs is 1. The van der Waals surface area contributed by atoms with Crippen LogP contribution < -0.4 is 9.47 Å². The Bertz CT molecular complexity index is 665. The predicted octanol–water partition coefficient (Wildman–Crippen LogP) is 3.01. The van der Waals surface area contributed by atoms with E-state index in [1.807, 2.05) is 18.2 Å². The predicted molar refractivity (Wildman–Crippen MR) is 94.4 cm³/mol. The van der Waals surface area contributed by atoms with Crippen molar-refractivity contribution in [2.24, 2.45) is 9.98 Å². The summed E-state index contributed by atoms with van der Waals surface area (Å²) in [6.45, 7) is 3.43. The molecule has 3 aliphatic rings. The standard InChI is InChI=1S/C18H24N4O2/c1-21-9-5-6-17(21)20-18(22-10-3-2-4-11-22)19-14-7-8-15-16(12-14)24-13-23-15/h7-8,12H,2-6,9-11,13H2,1H3. The molecule has 0 aromatic heterocycles. The van der Waals surface area contributed by atoms with E-state index < -0.39 is 0 Å². The van der Waals surface area contributed by atoms with Crippen molar-refractivity contribution in [3.05, 3.63) is 18.2 Å². The summed E-state index contributed by atoms with van der Waals surface area (Å²) < 4.78 is 10.8. The highest BCUT2D eigenvalue weighted by atomic mass is 16.7. The van der Waals surface area contributed by atoms with Crippen molar-refractivity contribution in [1.82, 2.24) is 9.80 Å². The molecule has 1 aromatic rings. The van der Waals surface area contributed by atoms with E-state index in [4.69, 9.17) is 19.5 Å². The lowest BCUT2D eigenvalue weighted by atomic mass is 10.1. The largest absolute Gasteiger partial charge is 0.454 e. The summed E-state index contributed by atoms with van der Waals surface area (Å²) in [4.78, 5) is 14.3. The smallest absolute Gasteiger partial charge is 0.231 e. The first kappa shape index (κ1) is 15.3. The molecule has 0 aliphatic carbocycles. The van der Waals surface area contributed by atoms with Gasteiger partial charge in [0.2, 0.25) is 12.8 Å². The molecular formula is C18H24N4O2. The Balaban J connectivity index is 1.66. The number of amidine groups is 1. The number of nitrogens with zero attached hydrogens (tertiary/aromatic N) is 4. The van der Waals surface area contributed by atoms with Crippen LogP contribution in [0.1, 0.15) is 32.1 Å². The highest BCUT2D eigenvalue weighted by Gasteiger charge is 2.20. The molecule has 0 atom stereocenters. The second kappa shape index (κ2) is 6.71. The van der Waals surface area contributed by atoms with E-state index in [-0.39, 0.29) is 6.79 Å². The molecule has 0 unspecified atom stereocenters. The number of rotatable bonds is 1. The van der Waals surface area contributed by atoms with Crippen molar-refractivity contribution < 1.29 is 9.47 Å². The molecule has 0 spiro atoms. The first-order valence-corrected chi connectivity index (χ1v) is 8.81. The maximum Gasteiger partial charge on any atom is 0.231 e. The van der Waals surface area contributed by atoms with Gasteiger partial charge < -0.3 is 19.3 Å². The van der Waals surface area contributed by atoms with Crippen LogP contribution in [0.15, 0.2) is 28.2 Å². The molecule has 0 bridgehead atoms. The van der Waals surface area contributed by atoms with Crippen LogP contribution in [0.2, 0.25) is 0 Å². The van der Waals surface area contributed by atoms with Gasteiger partial charge in [-0.05, 0) is 37.8 Å². The number of piperidine rings is 1. The van der Waals surface area contributed by atoms with Crippen molar-refractivity contribution >= 4 is 17.5 Å². The molecule has 24 heavy (non-hydrogen) atoms. The van der Waals surface area contributed by atoms with Crippen LogP contribution >= 0.6 is 0 Å².